The molecule has 6 nitrogen and oxygen atoms in total. The summed E-state index contributed by atoms with van der Waals surface area (Å²) in [4.78, 5) is 26.6. The summed E-state index contributed by atoms with van der Waals surface area (Å²) < 4.78 is 29.1. The van der Waals surface area contributed by atoms with Crippen LogP contribution in [0.3, 0.4) is 0 Å². The number of benzene rings is 3. The largest absolute Gasteiger partial charge is 0.394 e. The van der Waals surface area contributed by atoms with Gasteiger partial charge in [-0.05, 0) is 47.7 Å². The van der Waals surface area contributed by atoms with Crippen LogP contribution in [0, 0.1) is 11.6 Å². The molecule has 204 valence electrons. The maximum absolute atomic E-state index is 13.7. The Hall–Kier alpha value is -4.04. The quantitative estimate of drug-likeness (QED) is 0.251. The number of aromatic nitrogens is 1. The van der Waals surface area contributed by atoms with E-state index < -0.39 is 11.6 Å². The Balaban J connectivity index is 1.79. The maximum Gasteiger partial charge on any atom is 0.254 e. The summed E-state index contributed by atoms with van der Waals surface area (Å²) in [5, 5.41) is 15.9. The minimum Gasteiger partial charge on any atom is -0.394 e. The number of amides is 2. The van der Waals surface area contributed by atoms with Gasteiger partial charge < -0.3 is 20.3 Å². The molecular weight excluding hydrogens is 500 g/mol. The molecule has 0 aliphatic rings. The summed E-state index contributed by atoms with van der Waals surface area (Å²) >= 11 is 0. The highest BCUT2D eigenvalue weighted by Crippen LogP contribution is 2.33. The minimum atomic E-state index is -0.971. The van der Waals surface area contributed by atoms with Gasteiger partial charge in [0.2, 0.25) is 0 Å². The van der Waals surface area contributed by atoms with Gasteiger partial charge in [-0.2, -0.15) is 0 Å². The lowest BCUT2D eigenvalue weighted by atomic mass is 10.0. The third kappa shape index (κ3) is 6.17. The molecule has 0 radical (unpaired) electrons. The van der Waals surface area contributed by atoms with Crippen molar-refractivity contribution in [2.24, 2.45) is 0 Å². The highest BCUT2D eigenvalue weighted by molar-refractivity contribution is 6.10. The van der Waals surface area contributed by atoms with E-state index in [1.807, 2.05) is 51.1 Å². The molecule has 4 rings (SSSR count). The Morgan fingerprint density at radius 3 is 2.31 bits per heavy atom. The van der Waals surface area contributed by atoms with Crippen molar-refractivity contribution in [3.8, 4) is 0 Å². The summed E-state index contributed by atoms with van der Waals surface area (Å²) in [6.07, 6.45) is 0.592. The summed E-state index contributed by atoms with van der Waals surface area (Å²) in [5.41, 5.74) is 3.90. The van der Waals surface area contributed by atoms with Crippen LogP contribution < -0.4 is 10.6 Å². The summed E-state index contributed by atoms with van der Waals surface area (Å²) in [5.74, 6) is -2.60. The molecular formula is C31H33F2N3O3. The fraction of sp³-hybridized carbons (Fsp3) is 0.290. The van der Waals surface area contributed by atoms with Crippen LogP contribution in [-0.4, -0.2) is 34.1 Å². The first-order valence-corrected chi connectivity index (χ1v) is 13.1. The standard InChI is InChI=1S/C31H33F2N3O3/c1-4-23(18-37)35-30(38)22-11-12-24-27(15-22)36(17-20-8-6-5-7-9-20)29(19(2)3)28(24)31(39)34-16-21-10-13-25(32)26(33)14-21/h5-15,19,23,37H,4,16-18H2,1-3H3,(H,34,39)(H,35,38)/t23-/m0/s1. The second-order valence-corrected chi connectivity index (χ2v) is 9.91. The number of hydrogen-bond acceptors (Lipinski definition) is 3. The highest BCUT2D eigenvalue weighted by atomic mass is 19.2. The van der Waals surface area contributed by atoms with Gasteiger partial charge in [0.05, 0.1) is 23.7 Å². The number of rotatable bonds is 10. The van der Waals surface area contributed by atoms with Crippen LogP contribution in [0.5, 0.6) is 0 Å². The smallest absolute Gasteiger partial charge is 0.254 e. The fourth-order valence-corrected chi connectivity index (χ4v) is 4.75. The minimum absolute atomic E-state index is 0.0268. The fourth-order valence-electron chi connectivity index (χ4n) is 4.75. The number of halogens is 2. The number of carbonyl (C=O) groups excluding carboxylic acids is 2. The van der Waals surface area contributed by atoms with Gasteiger partial charge in [0.1, 0.15) is 0 Å². The lowest BCUT2D eigenvalue weighted by Gasteiger charge is -2.16. The van der Waals surface area contributed by atoms with Crippen LogP contribution in [0.4, 0.5) is 8.78 Å². The number of nitrogens with zero attached hydrogens (tertiary/aromatic N) is 1. The Morgan fingerprint density at radius 2 is 1.67 bits per heavy atom. The third-order valence-electron chi connectivity index (χ3n) is 6.81. The third-order valence-corrected chi connectivity index (χ3v) is 6.81. The van der Waals surface area contributed by atoms with Crippen molar-refractivity contribution in [2.45, 2.75) is 52.2 Å². The van der Waals surface area contributed by atoms with E-state index >= 15 is 0 Å². The summed E-state index contributed by atoms with van der Waals surface area (Å²) in [7, 11) is 0. The molecule has 8 heteroatoms. The Bertz CT molecular complexity index is 1480. The van der Waals surface area contributed by atoms with Gasteiger partial charge >= 0.3 is 0 Å². The van der Waals surface area contributed by atoms with E-state index in [0.29, 0.717) is 35.0 Å². The first kappa shape index (κ1) is 28.0. The number of fused-ring (bicyclic) bond motifs is 1. The van der Waals surface area contributed by atoms with Gasteiger partial charge in [-0.1, -0.05) is 63.2 Å². The predicted octanol–water partition coefficient (Wildman–Crippen LogP) is 5.52. The molecule has 0 saturated carbocycles. The first-order valence-electron chi connectivity index (χ1n) is 13.1. The van der Waals surface area contributed by atoms with Crippen LogP contribution in [0.15, 0.2) is 66.7 Å². The molecule has 4 aromatic rings. The van der Waals surface area contributed by atoms with Crippen LogP contribution in [-0.2, 0) is 13.1 Å². The monoisotopic (exact) mass is 533 g/mol. The van der Waals surface area contributed by atoms with Crippen LogP contribution in [0.2, 0.25) is 0 Å². The molecule has 0 aliphatic heterocycles. The first-order chi connectivity index (χ1) is 18.7. The van der Waals surface area contributed by atoms with Crippen molar-refractivity contribution in [3.63, 3.8) is 0 Å². The zero-order valence-corrected chi connectivity index (χ0v) is 22.3. The maximum atomic E-state index is 13.7. The topological polar surface area (TPSA) is 83.4 Å². The molecule has 2 amide bonds. The average Bonchev–Trinajstić information content (AvgIpc) is 3.26. The van der Waals surface area contributed by atoms with Crippen LogP contribution in [0.1, 0.15) is 70.6 Å². The van der Waals surface area contributed by atoms with Crippen molar-refractivity contribution in [1.82, 2.24) is 15.2 Å². The second kappa shape index (κ2) is 12.2. The Morgan fingerprint density at radius 1 is 0.923 bits per heavy atom. The van der Waals surface area contributed by atoms with E-state index in [2.05, 4.69) is 15.2 Å². The van der Waals surface area contributed by atoms with E-state index in [4.69, 9.17) is 0 Å². The van der Waals surface area contributed by atoms with Gasteiger partial charge in [-0.3, -0.25) is 9.59 Å². The molecule has 0 saturated heterocycles. The molecule has 3 N–H and O–H groups in total. The van der Waals surface area contributed by atoms with Crippen molar-refractivity contribution in [1.29, 1.82) is 0 Å². The van der Waals surface area contributed by atoms with Crippen molar-refractivity contribution in [3.05, 3.63) is 106 Å². The molecule has 0 bridgehead atoms. The van der Waals surface area contributed by atoms with E-state index in [0.717, 1.165) is 28.9 Å². The van der Waals surface area contributed by atoms with Gasteiger partial charge in [0, 0.05) is 29.7 Å². The number of hydrogen-bond donors (Lipinski definition) is 3. The zero-order valence-electron chi connectivity index (χ0n) is 22.3. The zero-order chi connectivity index (χ0) is 28.1. The number of aliphatic hydroxyl groups is 1. The summed E-state index contributed by atoms with van der Waals surface area (Å²) in [6.45, 7) is 6.24. The van der Waals surface area contributed by atoms with Crippen molar-refractivity contribution in [2.75, 3.05) is 6.61 Å². The molecule has 1 heterocycles. The molecule has 1 aromatic heterocycles. The normalized spacial score (nSPS) is 12.1. The predicted molar refractivity (Wildman–Crippen MR) is 148 cm³/mol. The number of nitrogens with one attached hydrogen (secondary N) is 2. The highest BCUT2D eigenvalue weighted by Gasteiger charge is 2.26. The molecule has 0 aliphatic carbocycles. The number of aliphatic hydroxyl groups excluding tert-OH is 1. The van der Waals surface area contributed by atoms with Gasteiger partial charge in [-0.15, -0.1) is 0 Å². The number of carbonyl (C=O) groups is 2. The molecule has 3 aromatic carbocycles. The van der Waals surface area contributed by atoms with Gasteiger partial charge in [-0.25, -0.2) is 8.78 Å². The van der Waals surface area contributed by atoms with E-state index in [9.17, 15) is 23.5 Å². The van der Waals surface area contributed by atoms with Crippen molar-refractivity contribution < 1.29 is 23.5 Å². The lowest BCUT2D eigenvalue weighted by Crippen LogP contribution is -2.36. The van der Waals surface area contributed by atoms with Crippen LogP contribution in [0.25, 0.3) is 10.9 Å². The second-order valence-electron chi connectivity index (χ2n) is 9.91. The Labute approximate surface area is 226 Å². The summed E-state index contributed by atoms with van der Waals surface area (Å²) in [6, 6.07) is 18.2. The van der Waals surface area contributed by atoms with Crippen molar-refractivity contribution >= 4 is 22.7 Å². The van der Waals surface area contributed by atoms with E-state index in [-0.39, 0.29) is 36.9 Å². The average molecular weight is 534 g/mol. The van der Waals surface area contributed by atoms with E-state index in [1.165, 1.54) is 6.07 Å². The lowest BCUT2D eigenvalue weighted by molar-refractivity contribution is 0.0913. The molecule has 39 heavy (non-hydrogen) atoms. The molecule has 0 spiro atoms. The van der Waals surface area contributed by atoms with E-state index in [1.54, 1.807) is 18.2 Å². The Kier molecular flexibility index (Phi) is 8.76. The molecule has 1 atom stereocenters. The van der Waals surface area contributed by atoms with Crippen LogP contribution >= 0.6 is 0 Å². The molecule has 0 unspecified atom stereocenters. The van der Waals surface area contributed by atoms with Gasteiger partial charge in [0.15, 0.2) is 11.6 Å². The molecule has 0 fully saturated rings. The SMILES string of the molecule is CC[C@@H](CO)NC(=O)c1ccc2c(C(=O)NCc3ccc(F)c(F)c3)c(C(C)C)n(Cc3ccccc3)c2c1. The van der Waals surface area contributed by atoms with Gasteiger partial charge in [0.25, 0.3) is 11.8 Å².